The molecule has 0 spiro atoms. The Morgan fingerprint density at radius 3 is 2.71 bits per heavy atom. The fourth-order valence-corrected chi connectivity index (χ4v) is 2.60. The van der Waals surface area contributed by atoms with E-state index in [2.05, 4.69) is 74.0 Å². The standard InChI is InChI=1S/C16H17N/c1-16(2)10-6-9-15-13(11-16)12-7-4-5-8-14(12)17(15)3/h4-11H,1-3H3. The van der Waals surface area contributed by atoms with E-state index >= 15 is 0 Å². The predicted octanol–water partition coefficient (Wildman–Crippen LogP) is 2.34. The number of allylic oxidation sites excluding steroid dienone is 2. The zero-order chi connectivity index (χ0) is 12.0. The molecule has 0 saturated carbocycles. The van der Waals surface area contributed by atoms with Gasteiger partial charge in [-0.25, -0.2) is 0 Å². The van der Waals surface area contributed by atoms with Crippen molar-refractivity contribution in [2.45, 2.75) is 13.8 Å². The quantitative estimate of drug-likeness (QED) is 0.646. The van der Waals surface area contributed by atoms with Crippen molar-refractivity contribution in [3.63, 3.8) is 0 Å². The van der Waals surface area contributed by atoms with Crippen LogP contribution in [0.5, 0.6) is 0 Å². The topological polar surface area (TPSA) is 4.93 Å². The van der Waals surface area contributed by atoms with Crippen LogP contribution < -0.4 is 10.6 Å². The molecular weight excluding hydrogens is 206 g/mol. The maximum absolute atomic E-state index is 2.37. The first-order valence-electron chi connectivity index (χ1n) is 6.04. The van der Waals surface area contributed by atoms with Crippen LogP contribution in [0.1, 0.15) is 13.8 Å². The summed E-state index contributed by atoms with van der Waals surface area (Å²) >= 11 is 0. The maximum atomic E-state index is 2.37. The lowest BCUT2D eigenvalue weighted by molar-refractivity contribution is 0.671. The van der Waals surface area contributed by atoms with E-state index in [-0.39, 0.29) is 5.41 Å². The van der Waals surface area contributed by atoms with Crippen LogP contribution in [-0.2, 0) is 7.05 Å². The molecule has 0 aliphatic heterocycles. The van der Waals surface area contributed by atoms with E-state index in [1.807, 2.05) is 0 Å². The highest BCUT2D eigenvalue weighted by atomic mass is 14.9. The second-order valence-electron chi connectivity index (χ2n) is 5.37. The van der Waals surface area contributed by atoms with Crippen LogP contribution in [0.3, 0.4) is 0 Å². The van der Waals surface area contributed by atoms with Crippen LogP contribution in [-0.4, -0.2) is 4.57 Å². The predicted molar refractivity (Wildman–Crippen MR) is 74.0 cm³/mol. The van der Waals surface area contributed by atoms with E-state index in [1.165, 1.54) is 21.5 Å². The zero-order valence-corrected chi connectivity index (χ0v) is 10.6. The second kappa shape index (κ2) is 3.36. The SMILES string of the molecule is Cn1c2c(c3ccccc31)=CC(C)(C)C=CC=2. The number of hydrogen-bond donors (Lipinski definition) is 0. The lowest BCUT2D eigenvalue weighted by Gasteiger charge is -2.12. The van der Waals surface area contributed by atoms with E-state index in [1.54, 1.807) is 0 Å². The third kappa shape index (κ3) is 1.54. The Kier molecular flexibility index (Phi) is 2.06. The fourth-order valence-electron chi connectivity index (χ4n) is 2.60. The van der Waals surface area contributed by atoms with Gasteiger partial charge in [0.25, 0.3) is 0 Å². The van der Waals surface area contributed by atoms with Crippen LogP contribution in [0, 0.1) is 5.41 Å². The van der Waals surface area contributed by atoms with Gasteiger partial charge in [0, 0.05) is 33.9 Å². The third-order valence-corrected chi connectivity index (χ3v) is 3.49. The molecule has 1 nitrogen and oxygen atoms in total. The van der Waals surface area contributed by atoms with Gasteiger partial charge in [-0.1, -0.05) is 50.3 Å². The van der Waals surface area contributed by atoms with Gasteiger partial charge in [0.15, 0.2) is 0 Å². The summed E-state index contributed by atoms with van der Waals surface area (Å²) in [5.74, 6) is 0. The van der Waals surface area contributed by atoms with Crippen LogP contribution in [0.2, 0.25) is 0 Å². The number of nitrogens with zero attached hydrogens (tertiary/aromatic N) is 1. The van der Waals surface area contributed by atoms with Crippen LogP contribution >= 0.6 is 0 Å². The summed E-state index contributed by atoms with van der Waals surface area (Å²) in [6.45, 7) is 4.49. The molecule has 2 aromatic rings. The number of aryl methyl sites for hydroxylation is 1. The first kappa shape index (κ1) is 10.4. The summed E-state index contributed by atoms with van der Waals surface area (Å²) in [6.07, 6.45) is 8.99. The molecule has 0 saturated heterocycles. The summed E-state index contributed by atoms with van der Waals surface area (Å²) < 4.78 is 2.27. The van der Waals surface area contributed by atoms with E-state index in [4.69, 9.17) is 0 Å². The monoisotopic (exact) mass is 223 g/mol. The Balaban J connectivity index is 2.58. The molecule has 0 fully saturated rings. The number of rotatable bonds is 0. The third-order valence-electron chi connectivity index (χ3n) is 3.49. The molecule has 1 aromatic carbocycles. The molecule has 0 atom stereocenters. The Morgan fingerprint density at radius 1 is 1.12 bits per heavy atom. The van der Waals surface area contributed by atoms with Gasteiger partial charge in [-0.2, -0.15) is 0 Å². The molecule has 1 heterocycles. The average Bonchev–Trinajstić information content (AvgIpc) is 2.46. The van der Waals surface area contributed by atoms with E-state index in [9.17, 15) is 0 Å². The summed E-state index contributed by atoms with van der Waals surface area (Å²) in [7, 11) is 2.14. The number of hydrogen-bond acceptors (Lipinski definition) is 0. The minimum absolute atomic E-state index is 0.117. The van der Waals surface area contributed by atoms with Crippen molar-refractivity contribution < 1.29 is 0 Å². The molecule has 0 amide bonds. The second-order valence-corrected chi connectivity index (χ2v) is 5.37. The van der Waals surface area contributed by atoms with Gasteiger partial charge in [-0.15, -0.1) is 0 Å². The smallest absolute Gasteiger partial charge is 0.0488 e. The Bertz CT molecular complexity index is 727. The molecule has 1 aromatic heterocycles. The Morgan fingerprint density at radius 2 is 1.88 bits per heavy atom. The lowest BCUT2D eigenvalue weighted by Crippen LogP contribution is -2.28. The van der Waals surface area contributed by atoms with E-state index in [0.29, 0.717) is 0 Å². The summed E-state index contributed by atoms with van der Waals surface area (Å²) in [5, 5.41) is 4.00. The lowest BCUT2D eigenvalue weighted by atomic mass is 9.92. The highest BCUT2D eigenvalue weighted by Gasteiger charge is 2.13. The summed E-state index contributed by atoms with van der Waals surface area (Å²) in [4.78, 5) is 0. The van der Waals surface area contributed by atoms with Crippen molar-refractivity contribution in [1.29, 1.82) is 0 Å². The minimum Gasteiger partial charge on any atom is -0.344 e. The van der Waals surface area contributed by atoms with Crippen molar-refractivity contribution in [2.75, 3.05) is 0 Å². The van der Waals surface area contributed by atoms with Crippen LogP contribution in [0.15, 0.2) is 36.4 Å². The fraction of sp³-hybridized carbons (Fsp3) is 0.250. The Labute approximate surface area is 101 Å². The highest BCUT2D eigenvalue weighted by Crippen LogP contribution is 2.20. The average molecular weight is 223 g/mol. The molecule has 0 bridgehead atoms. The molecule has 1 heteroatoms. The highest BCUT2D eigenvalue weighted by molar-refractivity contribution is 5.82. The minimum atomic E-state index is 0.117. The van der Waals surface area contributed by atoms with Gasteiger partial charge < -0.3 is 4.57 Å². The van der Waals surface area contributed by atoms with Crippen molar-refractivity contribution in [2.24, 2.45) is 12.5 Å². The Hall–Kier alpha value is -1.76. The normalized spacial score (nSPS) is 17.1. The molecule has 0 radical (unpaired) electrons. The van der Waals surface area contributed by atoms with Crippen molar-refractivity contribution in [3.8, 4) is 0 Å². The van der Waals surface area contributed by atoms with Gasteiger partial charge >= 0.3 is 0 Å². The van der Waals surface area contributed by atoms with Crippen LogP contribution in [0.25, 0.3) is 23.1 Å². The van der Waals surface area contributed by atoms with Crippen LogP contribution in [0.4, 0.5) is 0 Å². The molecule has 1 aliphatic carbocycles. The van der Waals surface area contributed by atoms with Crippen molar-refractivity contribution >= 4 is 23.1 Å². The number of aromatic nitrogens is 1. The maximum Gasteiger partial charge on any atom is 0.0488 e. The molecular formula is C16H17N. The number of para-hydroxylation sites is 1. The largest absolute Gasteiger partial charge is 0.344 e. The van der Waals surface area contributed by atoms with Gasteiger partial charge in [0.05, 0.1) is 0 Å². The molecule has 0 N–H and O–H groups in total. The van der Waals surface area contributed by atoms with Gasteiger partial charge in [0.2, 0.25) is 0 Å². The molecule has 86 valence electrons. The first-order valence-corrected chi connectivity index (χ1v) is 6.04. The summed E-state index contributed by atoms with van der Waals surface area (Å²) in [5.41, 5.74) is 1.42. The van der Waals surface area contributed by atoms with E-state index < -0.39 is 0 Å². The van der Waals surface area contributed by atoms with E-state index in [0.717, 1.165) is 0 Å². The molecule has 3 rings (SSSR count). The number of benzene rings is 1. The van der Waals surface area contributed by atoms with Crippen molar-refractivity contribution in [3.05, 3.63) is 47.0 Å². The molecule has 0 unspecified atom stereocenters. The van der Waals surface area contributed by atoms with Gasteiger partial charge in [-0.05, 0) is 12.1 Å². The molecule has 17 heavy (non-hydrogen) atoms. The zero-order valence-electron chi connectivity index (χ0n) is 10.6. The molecule has 1 aliphatic rings. The number of fused-ring (bicyclic) bond motifs is 3. The van der Waals surface area contributed by atoms with Crippen molar-refractivity contribution in [1.82, 2.24) is 4.57 Å². The van der Waals surface area contributed by atoms with Gasteiger partial charge in [-0.3, -0.25) is 0 Å². The first-order chi connectivity index (χ1) is 8.08. The summed E-state index contributed by atoms with van der Waals surface area (Å²) in [6, 6.07) is 8.60. The van der Waals surface area contributed by atoms with Gasteiger partial charge in [0.1, 0.15) is 0 Å².